The fourth-order valence-corrected chi connectivity index (χ4v) is 0.965. The predicted molar refractivity (Wildman–Crippen MR) is 62.4 cm³/mol. The van der Waals surface area contributed by atoms with Crippen molar-refractivity contribution in [1.29, 1.82) is 0 Å². The van der Waals surface area contributed by atoms with E-state index >= 15 is 0 Å². The molecule has 3 N–H and O–H groups in total. The summed E-state index contributed by atoms with van der Waals surface area (Å²) < 4.78 is 0. The Balaban J connectivity index is 2.62. The van der Waals surface area contributed by atoms with Crippen LogP contribution in [-0.2, 0) is 0 Å². The number of rotatable bonds is 4. The minimum Gasteiger partial charge on any atom is -0.363 e. The Morgan fingerprint density at radius 2 is 1.89 bits per heavy atom. The molecule has 0 aliphatic carbocycles. The minimum atomic E-state index is -0.969. The van der Waals surface area contributed by atoms with Crippen LogP contribution >= 0.6 is 0 Å². The first kappa shape index (κ1) is 13.0. The molecule has 1 aromatic rings. The maximum absolute atomic E-state index is 10.4. The first-order valence-electron chi connectivity index (χ1n) is 4.51. The molecule has 0 unspecified atom stereocenters. The SMILES string of the molecule is N/C(=N/[N+](=O)[O-])N/N=C\c1ccc([N+](=O)[O-])cc1. The van der Waals surface area contributed by atoms with Crippen LogP contribution in [0.4, 0.5) is 5.69 Å². The lowest BCUT2D eigenvalue weighted by molar-refractivity contribution is -0.485. The van der Waals surface area contributed by atoms with Gasteiger partial charge in [-0.15, -0.1) is 0 Å². The summed E-state index contributed by atoms with van der Waals surface area (Å²) in [4.78, 5) is 19.8. The second-order valence-corrected chi connectivity index (χ2v) is 2.94. The van der Waals surface area contributed by atoms with Crippen LogP contribution in [0.1, 0.15) is 5.56 Å². The summed E-state index contributed by atoms with van der Waals surface area (Å²) in [7, 11) is 0. The number of hydrogen-bond acceptors (Lipinski definition) is 5. The van der Waals surface area contributed by atoms with E-state index in [1.54, 1.807) is 0 Å². The van der Waals surface area contributed by atoms with Crippen molar-refractivity contribution in [3.8, 4) is 0 Å². The second kappa shape index (κ2) is 5.89. The van der Waals surface area contributed by atoms with E-state index in [2.05, 4.69) is 15.6 Å². The van der Waals surface area contributed by atoms with E-state index in [1.807, 2.05) is 0 Å². The molecule has 0 spiro atoms. The Morgan fingerprint density at radius 1 is 1.28 bits per heavy atom. The molecule has 94 valence electrons. The van der Waals surface area contributed by atoms with Gasteiger partial charge in [0.2, 0.25) is 0 Å². The standard InChI is InChI=1S/C8H8N6O4/c9-8(12-14(17)18)11-10-5-6-1-3-7(4-2-6)13(15)16/h1-5H,(H3,9,11,12)/b10-5-. The Kier molecular flexibility index (Phi) is 4.26. The summed E-state index contributed by atoms with van der Waals surface area (Å²) in [6, 6.07) is 5.53. The monoisotopic (exact) mass is 252 g/mol. The number of hydrogen-bond donors (Lipinski definition) is 2. The molecule has 0 heterocycles. The van der Waals surface area contributed by atoms with Crippen LogP contribution in [0, 0.1) is 20.2 Å². The van der Waals surface area contributed by atoms with E-state index in [0.29, 0.717) is 5.56 Å². The summed E-state index contributed by atoms with van der Waals surface area (Å²) in [5.74, 6) is -0.474. The van der Waals surface area contributed by atoms with Gasteiger partial charge in [-0.05, 0) is 17.7 Å². The normalized spacial score (nSPS) is 11.4. The number of hydrazone groups is 2. The summed E-state index contributed by atoms with van der Waals surface area (Å²) in [6.07, 6.45) is 1.28. The third-order valence-electron chi connectivity index (χ3n) is 1.69. The van der Waals surface area contributed by atoms with Crippen molar-refractivity contribution in [2.45, 2.75) is 0 Å². The Hall–Kier alpha value is -3.04. The molecule has 0 aromatic heterocycles. The third kappa shape index (κ3) is 4.22. The molecule has 0 aliphatic rings. The van der Waals surface area contributed by atoms with Gasteiger partial charge in [-0.2, -0.15) is 5.10 Å². The Labute approximate surface area is 100 Å². The van der Waals surface area contributed by atoms with Gasteiger partial charge in [0, 0.05) is 12.1 Å². The van der Waals surface area contributed by atoms with E-state index in [1.165, 1.54) is 30.5 Å². The topological polar surface area (TPSA) is 149 Å². The van der Waals surface area contributed by atoms with Crippen molar-refractivity contribution >= 4 is 17.9 Å². The van der Waals surface area contributed by atoms with Gasteiger partial charge in [-0.25, -0.2) is 15.5 Å². The number of non-ortho nitro benzene ring substituents is 1. The molecule has 0 amide bonds. The third-order valence-corrected chi connectivity index (χ3v) is 1.69. The first-order valence-corrected chi connectivity index (χ1v) is 4.51. The van der Waals surface area contributed by atoms with E-state index < -0.39 is 15.9 Å². The number of nitro groups is 2. The number of nitrogens with two attached hydrogens (primary N) is 1. The highest BCUT2D eigenvalue weighted by atomic mass is 16.7. The number of nitro benzene ring substituents is 1. The molecule has 0 fully saturated rings. The minimum absolute atomic E-state index is 0.0467. The van der Waals surface area contributed by atoms with E-state index in [-0.39, 0.29) is 5.69 Å². The lowest BCUT2D eigenvalue weighted by Gasteiger charge is -1.95. The fraction of sp³-hybridized carbons (Fsp3) is 0. The van der Waals surface area contributed by atoms with Gasteiger partial charge in [-0.1, -0.05) is 0 Å². The summed E-state index contributed by atoms with van der Waals surface area (Å²) in [5.41, 5.74) is 7.73. The Morgan fingerprint density at radius 3 is 2.39 bits per heavy atom. The number of nitrogens with zero attached hydrogens (tertiary/aromatic N) is 4. The van der Waals surface area contributed by atoms with Crippen molar-refractivity contribution in [1.82, 2.24) is 5.43 Å². The van der Waals surface area contributed by atoms with E-state index in [9.17, 15) is 20.2 Å². The lowest BCUT2D eigenvalue weighted by atomic mass is 10.2. The number of guanidine groups is 1. The lowest BCUT2D eigenvalue weighted by Crippen LogP contribution is -2.28. The first-order chi connectivity index (χ1) is 8.49. The van der Waals surface area contributed by atoms with Crippen molar-refractivity contribution in [3.05, 3.63) is 50.1 Å². The predicted octanol–water partition coefficient (Wildman–Crippen LogP) is 0.0247. The summed E-state index contributed by atoms with van der Waals surface area (Å²) in [6.45, 7) is 0. The fourth-order valence-electron chi connectivity index (χ4n) is 0.965. The highest BCUT2D eigenvalue weighted by Gasteiger charge is 2.02. The van der Waals surface area contributed by atoms with Crippen LogP contribution in [-0.4, -0.2) is 22.1 Å². The molecule has 1 aromatic carbocycles. The maximum atomic E-state index is 10.4. The van der Waals surface area contributed by atoms with Gasteiger partial charge in [0.15, 0.2) is 5.03 Å². The highest BCUT2D eigenvalue weighted by Crippen LogP contribution is 2.10. The van der Waals surface area contributed by atoms with Gasteiger partial charge in [0.25, 0.3) is 11.6 Å². The number of benzene rings is 1. The number of nitrogens with one attached hydrogen (secondary N) is 1. The van der Waals surface area contributed by atoms with Crippen LogP contribution in [0.5, 0.6) is 0 Å². The van der Waals surface area contributed by atoms with Gasteiger partial charge < -0.3 is 5.73 Å². The average Bonchev–Trinajstić information content (AvgIpc) is 2.28. The largest absolute Gasteiger partial charge is 0.363 e. The van der Waals surface area contributed by atoms with E-state index in [4.69, 9.17) is 5.73 Å². The van der Waals surface area contributed by atoms with Crippen LogP contribution in [0.15, 0.2) is 34.5 Å². The van der Waals surface area contributed by atoms with Crippen molar-refractivity contribution in [2.75, 3.05) is 0 Å². The molecular formula is C8H8N6O4. The molecule has 10 nitrogen and oxygen atoms in total. The second-order valence-electron chi connectivity index (χ2n) is 2.94. The zero-order chi connectivity index (χ0) is 13.5. The molecule has 10 heteroatoms. The zero-order valence-electron chi connectivity index (χ0n) is 8.89. The van der Waals surface area contributed by atoms with Gasteiger partial charge in [0.1, 0.15) is 5.10 Å². The van der Waals surface area contributed by atoms with Crippen molar-refractivity contribution in [2.24, 2.45) is 15.9 Å². The molecule has 1 rings (SSSR count). The van der Waals surface area contributed by atoms with Crippen LogP contribution < -0.4 is 11.2 Å². The van der Waals surface area contributed by atoms with Gasteiger partial charge >= 0.3 is 0 Å². The van der Waals surface area contributed by atoms with Crippen molar-refractivity contribution < 1.29 is 9.96 Å². The summed E-state index contributed by atoms with van der Waals surface area (Å²) in [5, 5.41) is 25.7. The van der Waals surface area contributed by atoms with Gasteiger partial charge in [0.05, 0.1) is 11.1 Å². The molecule has 0 saturated heterocycles. The molecule has 18 heavy (non-hydrogen) atoms. The molecule has 0 radical (unpaired) electrons. The van der Waals surface area contributed by atoms with Crippen LogP contribution in [0.2, 0.25) is 0 Å². The molecule has 0 saturated carbocycles. The smallest absolute Gasteiger partial charge is 0.286 e. The Bertz CT molecular complexity index is 509. The van der Waals surface area contributed by atoms with Crippen LogP contribution in [0.25, 0.3) is 0 Å². The van der Waals surface area contributed by atoms with Gasteiger partial charge in [-0.3, -0.25) is 10.1 Å². The van der Waals surface area contributed by atoms with Crippen LogP contribution in [0.3, 0.4) is 0 Å². The van der Waals surface area contributed by atoms with E-state index in [0.717, 1.165) is 0 Å². The summed E-state index contributed by atoms with van der Waals surface area (Å²) >= 11 is 0. The molecule has 0 bridgehead atoms. The molecular weight excluding hydrogens is 244 g/mol. The molecule has 0 atom stereocenters. The zero-order valence-corrected chi connectivity index (χ0v) is 8.89. The quantitative estimate of drug-likeness (QED) is 0.334. The van der Waals surface area contributed by atoms with Crippen molar-refractivity contribution in [3.63, 3.8) is 0 Å². The average molecular weight is 252 g/mol. The molecule has 0 aliphatic heterocycles. The highest BCUT2D eigenvalue weighted by molar-refractivity contribution is 5.82. The maximum Gasteiger partial charge on any atom is 0.286 e.